The maximum Gasteiger partial charge on any atom is 0.407 e. The van der Waals surface area contributed by atoms with Gasteiger partial charge in [-0.2, -0.15) is 0 Å². The average molecular weight is 417 g/mol. The topological polar surface area (TPSA) is 140 Å². The third-order valence-electron chi connectivity index (χ3n) is 3.47. The van der Waals surface area contributed by atoms with Gasteiger partial charge in [-0.1, -0.05) is 0 Å². The highest BCUT2D eigenvalue weighted by Crippen LogP contribution is 2.11. The molecule has 166 valence electrons. The average Bonchev–Trinajstić information content (AvgIpc) is 2.94. The lowest BCUT2D eigenvalue weighted by Gasteiger charge is -2.13. The summed E-state index contributed by atoms with van der Waals surface area (Å²) in [4.78, 5) is 58.2. The molecule has 0 radical (unpaired) electrons. The second-order valence-electron chi connectivity index (χ2n) is 6.07. The number of hydrogen-bond acceptors (Lipinski definition) is 8. The van der Waals surface area contributed by atoms with Crippen LogP contribution in [0, 0.1) is 0 Å². The van der Waals surface area contributed by atoms with Crippen LogP contribution in [0.15, 0.2) is 0 Å². The molecule has 0 bridgehead atoms. The van der Waals surface area contributed by atoms with Crippen molar-refractivity contribution in [1.29, 1.82) is 0 Å². The van der Waals surface area contributed by atoms with Crippen LogP contribution in [0.2, 0.25) is 0 Å². The Morgan fingerprint density at radius 1 is 1.00 bits per heavy atom. The van der Waals surface area contributed by atoms with Gasteiger partial charge in [-0.25, -0.2) is 14.4 Å². The van der Waals surface area contributed by atoms with Crippen molar-refractivity contribution in [1.82, 2.24) is 15.7 Å². The van der Waals surface area contributed by atoms with Gasteiger partial charge >= 0.3 is 18.2 Å². The summed E-state index contributed by atoms with van der Waals surface area (Å²) in [7, 11) is 0. The largest absolute Gasteiger partial charge is 0.450 e. The molecule has 0 spiro atoms. The van der Waals surface area contributed by atoms with E-state index in [1.807, 2.05) is 6.92 Å². The van der Waals surface area contributed by atoms with Gasteiger partial charge in [0.1, 0.15) is 0 Å². The maximum absolute atomic E-state index is 11.1. The minimum absolute atomic E-state index is 0.0756. The lowest BCUT2D eigenvalue weighted by atomic mass is 10.1. The summed E-state index contributed by atoms with van der Waals surface area (Å²) in [6.45, 7) is 7.95. The van der Waals surface area contributed by atoms with E-state index in [4.69, 9.17) is 9.47 Å². The molecule has 11 heteroatoms. The molecule has 11 nitrogen and oxygen atoms in total. The number of alkyl carbamates (subject to hydrolysis) is 2. The number of nitrogens with zero attached hydrogens (tertiary/aromatic N) is 1. The predicted molar refractivity (Wildman–Crippen MR) is 101 cm³/mol. The van der Waals surface area contributed by atoms with Gasteiger partial charge in [-0.05, 0) is 40.0 Å². The highest BCUT2D eigenvalue weighted by atomic mass is 16.7. The Labute approximate surface area is 170 Å². The molecule has 1 rings (SSSR count). The summed E-state index contributed by atoms with van der Waals surface area (Å²) in [5, 5.41) is 5.89. The molecule has 1 atom stereocenters. The molecule has 0 aliphatic carbocycles. The van der Waals surface area contributed by atoms with E-state index in [1.54, 1.807) is 13.8 Å². The second-order valence-corrected chi connectivity index (χ2v) is 6.07. The van der Waals surface area contributed by atoms with Crippen molar-refractivity contribution >= 4 is 30.0 Å². The lowest BCUT2D eigenvalue weighted by molar-refractivity contribution is -0.195. The molecular weight excluding hydrogens is 386 g/mol. The SMILES string of the molecule is CC(=O)ON1C(=O)CCC1=O.CCOC(=O)NCCCCC(C)NC(=O)OCC. The van der Waals surface area contributed by atoms with Crippen LogP contribution in [0.1, 0.15) is 59.8 Å². The second kappa shape index (κ2) is 15.1. The first-order valence-corrected chi connectivity index (χ1v) is 9.59. The molecular formula is C18H31N3O8. The van der Waals surface area contributed by atoms with Crippen molar-refractivity contribution in [2.45, 2.75) is 65.8 Å². The number of amides is 4. The number of imide groups is 1. The van der Waals surface area contributed by atoms with E-state index in [2.05, 4.69) is 15.5 Å². The molecule has 0 saturated carbocycles. The minimum atomic E-state index is -0.659. The van der Waals surface area contributed by atoms with Gasteiger partial charge < -0.3 is 24.9 Å². The van der Waals surface area contributed by atoms with Crippen molar-refractivity contribution in [3.8, 4) is 0 Å². The Morgan fingerprint density at radius 3 is 2.07 bits per heavy atom. The third-order valence-corrected chi connectivity index (χ3v) is 3.47. The van der Waals surface area contributed by atoms with Gasteiger partial charge in [0.15, 0.2) is 0 Å². The molecule has 1 heterocycles. The van der Waals surface area contributed by atoms with E-state index in [0.717, 1.165) is 26.2 Å². The van der Waals surface area contributed by atoms with Crippen LogP contribution in [0.3, 0.4) is 0 Å². The van der Waals surface area contributed by atoms with Crippen LogP contribution in [-0.2, 0) is 28.7 Å². The van der Waals surface area contributed by atoms with Gasteiger partial charge in [-0.3, -0.25) is 9.59 Å². The monoisotopic (exact) mass is 417 g/mol. The van der Waals surface area contributed by atoms with Crippen LogP contribution in [-0.4, -0.2) is 60.8 Å². The van der Waals surface area contributed by atoms with E-state index in [-0.39, 0.29) is 31.1 Å². The fourth-order valence-electron chi connectivity index (χ4n) is 2.18. The molecule has 1 unspecified atom stereocenters. The molecule has 1 saturated heterocycles. The summed E-state index contributed by atoms with van der Waals surface area (Å²) >= 11 is 0. The van der Waals surface area contributed by atoms with Crippen molar-refractivity contribution in [2.75, 3.05) is 19.8 Å². The molecule has 1 aliphatic rings. The first-order chi connectivity index (χ1) is 13.7. The molecule has 1 aliphatic heterocycles. The number of unbranched alkanes of at least 4 members (excludes halogenated alkanes) is 1. The molecule has 0 aromatic carbocycles. The fraction of sp³-hybridized carbons (Fsp3) is 0.722. The summed E-state index contributed by atoms with van der Waals surface area (Å²) in [6.07, 6.45) is 2.12. The first-order valence-electron chi connectivity index (χ1n) is 9.59. The lowest BCUT2D eigenvalue weighted by Crippen LogP contribution is -2.33. The minimum Gasteiger partial charge on any atom is -0.450 e. The Morgan fingerprint density at radius 2 is 1.55 bits per heavy atom. The predicted octanol–water partition coefficient (Wildman–Crippen LogP) is 1.65. The summed E-state index contributed by atoms with van der Waals surface area (Å²) in [5.74, 6) is -1.57. The number of ether oxygens (including phenoxy) is 2. The van der Waals surface area contributed by atoms with E-state index in [9.17, 15) is 24.0 Å². The first kappa shape index (κ1) is 26.1. The molecule has 0 aromatic rings. The third kappa shape index (κ3) is 13.0. The van der Waals surface area contributed by atoms with Crippen molar-refractivity contribution in [2.24, 2.45) is 0 Å². The number of hydroxylamine groups is 2. The Kier molecular flexibility index (Phi) is 13.6. The van der Waals surface area contributed by atoms with Gasteiger partial charge in [0.25, 0.3) is 11.8 Å². The van der Waals surface area contributed by atoms with Crippen molar-refractivity contribution in [3.63, 3.8) is 0 Å². The molecule has 29 heavy (non-hydrogen) atoms. The fourth-order valence-corrected chi connectivity index (χ4v) is 2.18. The zero-order valence-electron chi connectivity index (χ0n) is 17.4. The summed E-state index contributed by atoms with van der Waals surface area (Å²) in [6, 6.07) is 0.0756. The normalized spacial score (nSPS) is 13.7. The van der Waals surface area contributed by atoms with Crippen LogP contribution < -0.4 is 10.6 Å². The van der Waals surface area contributed by atoms with Crippen LogP contribution in [0.4, 0.5) is 9.59 Å². The molecule has 1 fully saturated rings. The van der Waals surface area contributed by atoms with Gasteiger partial charge in [0, 0.05) is 32.4 Å². The Hall–Kier alpha value is -2.85. The van der Waals surface area contributed by atoms with Gasteiger partial charge in [0.05, 0.1) is 13.2 Å². The van der Waals surface area contributed by atoms with E-state index >= 15 is 0 Å². The van der Waals surface area contributed by atoms with Crippen LogP contribution >= 0.6 is 0 Å². The zero-order valence-corrected chi connectivity index (χ0v) is 17.4. The van der Waals surface area contributed by atoms with E-state index < -0.39 is 17.8 Å². The van der Waals surface area contributed by atoms with Crippen molar-refractivity contribution < 1.29 is 38.3 Å². The highest BCUT2D eigenvalue weighted by Gasteiger charge is 2.31. The summed E-state index contributed by atoms with van der Waals surface area (Å²) < 4.78 is 9.50. The molecule has 4 amide bonds. The number of carbonyl (C=O) groups excluding carboxylic acids is 5. The maximum atomic E-state index is 11.1. The van der Waals surface area contributed by atoms with E-state index in [1.165, 1.54) is 0 Å². The van der Waals surface area contributed by atoms with E-state index in [0.29, 0.717) is 24.8 Å². The zero-order chi connectivity index (χ0) is 22.2. The quantitative estimate of drug-likeness (QED) is 0.426. The standard InChI is InChI=1S/C12H24N2O4.C6H7NO4/c1-4-17-11(15)13-9-7-6-8-10(3)14-12(16)18-5-2;1-4(8)11-7-5(9)2-3-6(7)10/h10H,4-9H2,1-3H3,(H,13,15)(H,14,16);2-3H2,1H3. The van der Waals surface area contributed by atoms with Crippen LogP contribution in [0.5, 0.6) is 0 Å². The smallest absolute Gasteiger partial charge is 0.407 e. The van der Waals surface area contributed by atoms with Crippen molar-refractivity contribution in [3.05, 3.63) is 0 Å². The van der Waals surface area contributed by atoms with Crippen LogP contribution in [0.25, 0.3) is 0 Å². The summed E-state index contributed by atoms with van der Waals surface area (Å²) in [5.41, 5.74) is 0. The van der Waals surface area contributed by atoms with Gasteiger partial charge in [-0.15, -0.1) is 5.06 Å². The molecule has 0 aromatic heterocycles. The number of rotatable bonds is 9. The number of hydrogen-bond donors (Lipinski definition) is 2. The number of nitrogens with one attached hydrogen (secondary N) is 2. The molecule has 2 N–H and O–H groups in total. The number of carbonyl (C=O) groups is 5. The Bertz CT molecular complexity index is 551. The highest BCUT2D eigenvalue weighted by molar-refractivity contribution is 6.01. The Balaban J connectivity index is 0.000000604. The van der Waals surface area contributed by atoms with Gasteiger partial charge in [0.2, 0.25) is 0 Å².